The average Bonchev–Trinajstić information content (AvgIpc) is 2.70. The Morgan fingerprint density at radius 3 is 2.32 bits per heavy atom. The minimum Gasteiger partial charge on any atom is -0.473 e. The molecule has 0 heterocycles. The van der Waals surface area contributed by atoms with Crippen LogP contribution in [0, 0.1) is 0 Å². The molecule has 0 fully saturated rings. The fourth-order valence-corrected chi connectivity index (χ4v) is 4.44. The van der Waals surface area contributed by atoms with Crippen molar-refractivity contribution in [2.75, 3.05) is 27.7 Å². The van der Waals surface area contributed by atoms with Crippen LogP contribution < -0.4 is 9.05 Å². The SMILES string of the molecule is CN(C)CCc1ccc(O[P+](=S)N(C)/N=C/c2ccc(OPPP)cc2)cc1. The molecule has 0 saturated heterocycles. The van der Waals surface area contributed by atoms with E-state index >= 15 is 0 Å². The lowest BCUT2D eigenvalue weighted by Crippen LogP contribution is -2.14. The van der Waals surface area contributed by atoms with E-state index in [0.717, 1.165) is 38.0 Å². The predicted molar refractivity (Wildman–Crippen MR) is 132 cm³/mol. The van der Waals surface area contributed by atoms with Gasteiger partial charge in [0.2, 0.25) is 11.8 Å². The maximum absolute atomic E-state index is 5.87. The largest absolute Gasteiger partial charge is 0.540 e. The second kappa shape index (κ2) is 12.8. The van der Waals surface area contributed by atoms with Gasteiger partial charge in [0.15, 0.2) is 5.75 Å². The van der Waals surface area contributed by atoms with Crippen molar-refractivity contribution in [3.63, 3.8) is 0 Å². The zero-order valence-electron chi connectivity index (χ0n) is 16.2. The van der Waals surface area contributed by atoms with Crippen LogP contribution >= 0.6 is 32.5 Å². The third-order valence-electron chi connectivity index (χ3n) is 3.67. The monoisotopic (exact) mass is 472 g/mol. The molecule has 4 unspecified atom stereocenters. The van der Waals surface area contributed by atoms with Gasteiger partial charge in [-0.2, -0.15) is 0 Å². The van der Waals surface area contributed by atoms with Gasteiger partial charge in [0, 0.05) is 6.54 Å². The van der Waals surface area contributed by atoms with Crippen molar-refractivity contribution in [3.05, 3.63) is 59.7 Å². The Bertz CT molecular complexity index is 773. The van der Waals surface area contributed by atoms with Gasteiger partial charge in [-0.1, -0.05) is 16.9 Å². The summed E-state index contributed by atoms with van der Waals surface area (Å²) in [6.45, 7) is 1.02. The second-order valence-electron chi connectivity index (χ2n) is 6.18. The molecule has 0 radical (unpaired) electrons. The van der Waals surface area contributed by atoms with Gasteiger partial charge in [0.25, 0.3) is 0 Å². The van der Waals surface area contributed by atoms with Crippen molar-refractivity contribution >= 4 is 50.5 Å². The maximum Gasteiger partial charge on any atom is 0.540 e. The Balaban J connectivity index is 1.85. The first-order valence-corrected chi connectivity index (χ1v) is 15.6. The van der Waals surface area contributed by atoms with Gasteiger partial charge in [-0.3, -0.25) is 4.52 Å². The molecule has 10 heteroatoms. The molecule has 4 atom stereocenters. The Morgan fingerprint density at radius 2 is 1.71 bits per heavy atom. The van der Waals surface area contributed by atoms with E-state index in [2.05, 4.69) is 45.2 Å². The summed E-state index contributed by atoms with van der Waals surface area (Å²) in [4.78, 5) is 2.17. The summed E-state index contributed by atoms with van der Waals surface area (Å²) in [7, 11) is 8.61. The number of likely N-dealkylation sites (N-methyl/N-ethyl adjacent to an activating group) is 1. The molecule has 0 N–H and O–H groups in total. The number of rotatable bonds is 11. The summed E-state index contributed by atoms with van der Waals surface area (Å²) in [6.07, 6.45) is 2.79. The fourth-order valence-electron chi connectivity index (χ4n) is 2.12. The van der Waals surface area contributed by atoms with Gasteiger partial charge in [-0.25, -0.2) is 0 Å². The van der Waals surface area contributed by atoms with Crippen LogP contribution in [0.3, 0.4) is 0 Å². The number of hydrazone groups is 1. The lowest BCUT2D eigenvalue weighted by molar-refractivity contribution is 0.413. The number of benzene rings is 2. The first-order chi connectivity index (χ1) is 13.5. The Kier molecular flexibility index (Phi) is 10.7. The van der Waals surface area contributed by atoms with Crippen LogP contribution in [0.4, 0.5) is 0 Å². The lowest BCUT2D eigenvalue weighted by atomic mass is 10.1. The molecule has 0 aromatic heterocycles. The summed E-state index contributed by atoms with van der Waals surface area (Å²) in [6, 6.07) is 16.0. The van der Waals surface area contributed by atoms with Crippen molar-refractivity contribution in [3.8, 4) is 11.5 Å². The quantitative estimate of drug-likeness (QED) is 0.253. The van der Waals surface area contributed by atoms with Gasteiger partial charge in [-0.15, -0.1) is 14.0 Å². The van der Waals surface area contributed by atoms with E-state index in [1.165, 1.54) is 5.56 Å². The molecule has 0 bridgehead atoms. The van der Waals surface area contributed by atoms with Crippen molar-refractivity contribution < 1.29 is 9.05 Å². The summed E-state index contributed by atoms with van der Waals surface area (Å²) in [5.74, 6) is 1.65. The molecule has 0 aliphatic carbocycles. The Hall–Kier alpha value is -0.720. The zero-order chi connectivity index (χ0) is 20.4. The first-order valence-electron chi connectivity index (χ1n) is 8.62. The molecule has 0 aliphatic rings. The molecule has 2 aromatic carbocycles. The average molecular weight is 472 g/mol. The van der Waals surface area contributed by atoms with E-state index in [4.69, 9.17) is 20.9 Å². The molecule has 0 aliphatic heterocycles. The number of hydrogen-bond donors (Lipinski definition) is 0. The third kappa shape index (κ3) is 8.75. The highest BCUT2D eigenvalue weighted by atomic mass is 32.4. The van der Waals surface area contributed by atoms with Crippen molar-refractivity contribution in [2.24, 2.45) is 5.10 Å². The van der Waals surface area contributed by atoms with Crippen LogP contribution in [-0.4, -0.2) is 43.6 Å². The standard InChI is InChI=1S/C18H26N3O2P4S/c1-20(2)13-12-15-4-10-18(11-5-15)23-27(28)21(3)19-14-16-6-8-17(9-7-16)22-25-26-24/h4-11,14,25-26H,12-13,24H2,1-3H3/q+1/b19-14+. The normalized spacial score (nSPS) is 12.5. The molecule has 0 spiro atoms. The van der Waals surface area contributed by atoms with Gasteiger partial charge < -0.3 is 9.42 Å². The predicted octanol–water partition coefficient (Wildman–Crippen LogP) is 5.27. The summed E-state index contributed by atoms with van der Waals surface area (Å²) in [5, 5.41) is 4.41. The van der Waals surface area contributed by atoms with Crippen LogP contribution in [0.15, 0.2) is 53.6 Å². The molecular weight excluding hydrogens is 446 g/mol. The van der Waals surface area contributed by atoms with E-state index < -0.39 is 7.07 Å². The Labute approximate surface area is 179 Å². The molecule has 150 valence electrons. The molecular formula is C18H26N3O2P4S+. The lowest BCUT2D eigenvalue weighted by Gasteiger charge is -2.09. The van der Waals surface area contributed by atoms with Gasteiger partial charge >= 0.3 is 7.07 Å². The molecule has 2 aromatic rings. The smallest absolute Gasteiger partial charge is 0.473 e. The molecule has 0 saturated carbocycles. The van der Waals surface area contributed by atoms with E-state index in [1.54, 1.807) is 11.0 Å². The first kappa shape index (κ1) is 23.6. The van der Waals surface area contributed by atoms with E-state index in [9.17, 15) is 0 Å². The topological polar surface area (TPSA) is 37.3 Å². The Morgan fingerprint density at radius 1 is 1.07 bits per heavy atom. The number of hydrogen-bond acceptors (Lipinski definition) is 5. The fraction of sp³-hybridized carbons (Fsp3) is 0.278. The number of nitrogens with zero attached hydrogens (tertiary/aromatic N) is 3. The van der Waals surface area contributed by atoms with Crippen LogP contribution in [0.25, 0.3) is 0 Å². The van der Waals surface area contributed by atoms with E-state index in [0.29, 0.717) is 8.50 Å². The van der Waals surface area contributed by atoms with Gasteiger partial charge in [0.1, 0.15) is 5.75 Å². The van der Waals surface area contributed by atoms with Crippen molar-refractivity contribution in [2.45, 2.75) is 6.42 Å². The van der Waals surface area contributed by atoms with E-state index in [1.807, 2.05) is 43.4 Å². The summed E-state index contributed by atoms with van der Waals surface area (Å²) in [5.41, 5.74) is 2.27. The van der Waals surface area contributed by atoms with Crippen LogP contribution in [-0.2, 0) is 18.2 Å². The third-order valence-corrected chi connectivity index (χ3v) is 7.72. The summed E-state index contributed by atoms with van der Waals surface area (Å²) >= 11 is 5.47. The maximum atomic E-state index is 5.87. The highest BCUT2D eigenvalue weighted by molar-refractivity contribution is 8.37. The zero-order valence-corrected chi connectivity index (χ0v) is 21.1. The highest BCUT2D eigenvalue weighted by Gasteiger charge is 2.20. The summed E-state index contributed by atoms with van der Waals surface area (Å²) < 4.78 is 13.2. The van der Waals surface area contributed by atoms with Gasteiger partial charge in [-0.05, 0) is 76.0 Å². The van der Waals surface area contributed by atoms with Crippen molar-refractivity contribution in [1.29, 1.82) is 0 Å². The second-order valence-corrected chi connectivity index (χ2v) is 13.1. The van der Waals surface area contributed by atoms with Gasteiger partial charge in [0.05, 0.1) is 21.8 Å². The van der Waals surface area contributed by atoms with Crippen LogP contribution in [0.1, 0.15) is 11.1 Å². The van der Waals surface area contributed by atoms with Crippen LogP contribution in [0.5, 0.6) is 11.5 Å². The minimum atomic E-state index is -1.27. The molecule has 28 heavy (non-hydrogen) atoms. The molecule has 0 amide bonds. The molecule has 5 nitrogen and oxygen atoms in total. The van der Waals surface area contributed by atoms with Crippen LogP contribution in [0.2, 0.25) is 0 Å². The molecule has 2 rings (SSSR count). The minimum absolute atomic E-state index is 0.485. The highest BCUT2D eigenvalue weighted by Crippen LogP contribution is 2.44. The van der Waals surface area contributed by atoms with E-state index in [-0.39, 0.29) is 0 Å². The van der Waals surface area contributed by atoms with Crippen molar-refractivity contribution in [1.82, 2.24) is 9.68 Å².